The van der Waals surface area contributed by atoms with Gasteiger partial charge < -0.3 is 14.3 Å². The number of fused-ring (bicyclic) bond motifs is 2. The summed E-state index contributed by atoms with van der Waals surface area (Å²) in [5, 5.41) is 9.82. The highest BCUT2D eigenvalue weighted by molar-refractivity contribution is 6.01. The Morgan fingerprint density at radius 1 is 1.30 bits per heavy atom. The van der Waals surface area contributed by atoms with E-state index in [0.717, 1.165) is 11.0 Å². The molecular formula is C18H13F3N2O4. The highest BCUT2D eigenvalue weighted by Crippen LogP contribution is 2.44. The fourth-order valence-electron chi connectivity index (χ4n) is 2.94. The van der Waals surface area contributed by atoms with Gasteiger partial charge in [0.05, 0.1) is 11.8 Å². The number of hydrogen-bond acceptors (Lipinski definition) is 5. The van der Waals surface area contributed by atoms with Crippen molar-refractivity contribution >= 4 is 22.7 Å². The second-order valence-electron chi connectivity index (χ2n) is 6.10. The van der Waals surface area contributed by atoms with Crippen molar-refractivity contribution in [2.75, 3.05) is 4.90 Å². The van der Waals surface area contributed by atoms with Crippen LogP contribution in [0.5, 0.6) is 5.75 Å². The van der Waals surface area contributed by atoms with Gasteiger partial charge in [-0.15, -0.1) is 0 Å². The van der Waals surface area contributed by atoms with E-state index in [9.17, 15) is 23.1 Å². The number of aromatic nitrogens is 1. The molecule has 0 aliphatic carbocycles. The van der Waals surface area contributed by atoms with Gasteiger partial charge in [0.25, 0.3) is 0 Å². The van der Waals surface area contributed by atoms with Crippen LogP contribution >= 0.6 is 0 Å². The highest BCUT2D eigenvalue weighted by atomic mass is 19.3. The van der Waals surface area contributed by atoms with E-state index in [4.69, 9.17) is 4.42 Å². The number of hydrogen-bond donors (Lipinski definition) is 1. The quantitative estimate of drug-likeness (QED) is 0.755. The van der Waals surface area contributed by atoms with Crippen LogP contribution in [-0.4, -0.2) is 22.1 Å². The zero-order chi connectivity index (χ0) is 19.3. The van der Waals surface area contributed by atoms with E-state index in [2.05, 4.69) is 9.72 Å². The van der Waals surface area contributed by atoms with Crippen LogP contribution in [0.25, 0.3) is 11.1 Å². The maximum absolute atomic E-state index is 14.1. The number of carbonyl (C=O) groups excluding carboxylic acids is 1. The van der Waals surface area contributed by atoms with Gasteiger partial charge in [0.1, 0.15) is 17.9 Å². The smallest absolute Gasteiger partial charge is 0.439 e. The Hall–Kier alpha value is -3.07. The third-order valence-electron chi connectivity index (χ3n) is 4.18. The van der Waals surface area contributed by atoms with Crippen LogP contribution in [0, 0.1) is 5.82 Å². The van der Waals surface area contributed by atoms with Crippen molar-refractivity contribution in [2.24, 2.45) is 0 Å². The summed E-state index contributed by atoms with van der Waals surface area (Å²) >= 11 is 0. The average molecular weight is 378 g/mol. The van der Waals surface area contributed by atoms with E-state index >= 15 is 0 Å². The summed E-state index contributed by atoms with van der Waals surface area (Å²) in [5.74, 6) is -2.45. The lowest BCUT2D eigenvalue weighted by atomic mass is 10.1. The maximum atomic E-state index is 14.1. The highest BCUT2D eigenvalue weighted by Gasteiger charge is 2.51. The molecule has 1 amide bonds. The monoisotopic (exact) mass is 378 g/mol. The molecule has 6 nitrogen and oxygen atoms in total. The second-order valence-corrected chi connectivity index (χ2v) is 6.10. The summed E-state index contributed by atoms with van der Waals surface area (Å²) in [6, 6.07) is 8.02. The molecule has 140 valence electrons. The Kier molecular flexibility index (Phi) is 3.84. The summed E-state index contributed by atoms with van der Waals surface area (Å²) < 4.78 is 51.6. The minimum atomic E-state index is -4.11. The van der Waals surface area contributed by atoms with Crippen LogP contribution in [-0.2, 0) is 11.3 Å². The molecule has 0 fully saturated rings. The largest absolute Gasteiger partial charge is 0.483 e. The Morgan fingerprint density at radius 3 is 2.81 bits per heavy atom. The lowest BCUT2D eigenvalue weighted by molar-refractivity contribution is -0.193. The molecule has 0 bridgehead atoms. The van der Waals surface area contributed by atoms with Gasteiger partial charge in [-0.2, -0.15) is 8.78 Å². The third-order valence-corrected chi connectivity index (χ3v) is 4.18. The third kappa shape index (κ3) is 2.89. The molecule has 0 saturated heterocycles. The van der Waals surface area contributed by atoms with Gasteiger partial charge in [0, 0.05) is 11.6 Å². The Balaban J connectivity index is 1.79. The SMILES string of the molecule is C[C@H](O)c1cccc2c1OC(F)(F)C(=O)N2Cc1nc2cc(F)ccc2o1. The van der Waals surface area contributed by atoms with Crippen molar-refractivity contribution in [3.8, 4) is 5.75 Å². The fourth-order valence-corrected chi connectivity index (χ4v) is 2.94. The van der Waals surface area contributed by atoms with E-state index in [1.54, 1.807) is 0 Å². The number of rotatable bonds is 3. The first kappa shape index (κ1) is 17.3. The average Bonchev–Trinajstić information content (AvgIpc) is 2.99. The number of aliphatic hydroxyl groups is 1. The van der Waals surface area contributed by atoms with Crippen molar-refractivity contribution in [3.05, 3.63) is 53.7 Å². The van der Waals surface area contributed by atoms with Gasteiger partial charge in [-0.25, -0.2) is 9.37 Å². The number of oxazole rings is 1. The van der Waals surface area contributed by atoms with Crippen LogP contribution in [0.4, 0.5) is 18.9 Å². The molecule has 0 radical (unpaired) electrons. The molecular weight excluding hydrogens is 365 g/mol. The van der Waals surface area contributed by atoms with E-state index in [0.29, 0.717) is 0 Å². The van der Waals surface area contributed by atoms with Crippen LogP contribution in [0.15, 0.2) is 40.8 Å². The van der Waals surface area contributed by atoms with Crippen LogP contribution < -0.4 is 9.64 Å². The molecule has 0 unspecified atom stereocenters. The first-order valence-electron chi connectivity index (χ1n) is 8.01. The predicted molar refractivity (Wildman–Crippen MR) is 87.8 cm³/mol. The van der Waals surface area contributed by atoms with Crippen LogP contribution in [0.3, 0.4) is 0 Å². The zero-order valence-corrected chi connectivity index (χ0v) is 13.9. The van der Waals surface area contributed by atoms with E-state index in [1.165, 1.54) is 37.3 Å². The lowest BCUT2D eigenvalue weighted by Gasteiger charge is -2.34. The van der Waals surface area contributed by atoms with E-state index in [-0.39, 0.29) is 34.0 Å². The number of ether oxygens (including phenoxy) is 1. The molecule has 0 spiro atoms. The number of anilines is 1. The van der Waals surface area contributed by atoms with E-state index in [1.807, 2.05) is 0 Å². The Bertz CT molecular complexity index is 1050. The molecule has 4 rings (SSSR count). The van der Waals surface area contributed by atoms with Crippen molar-refractivity contribution in [2.45, 2.75) is 25.7 Å². The first-order chi connectivity index (χ1) is 12.8. The summed E-state index contributed by atoms with van der Waals surface area (Å²) in [7, 11) is 0. The molecule has 2 heterocycles. The number of halogens is 3. The molecule has 0 saturated carbocycles. The number of carbonyl (C=O) groups is 1. The summed E-state index contributed by atoms with van der Waals surface area (Å²) in [6.07, 6.45) is -5.20. The minimum absolute atomic E-state index is 0.0462. The molecule has 1 aromatic heterocycles. The number of alkyl halides is 2. The maximum Gasteiger partial charge on any atom is 0.483 e. The number of amides is 1. The topological polar surface area (TPSA) is 75.8 Å². The first-order valence-corrected chi connectivity index (χ1v) is 8.01. The number of nitrogens with zero attached hydrogens (tertiary/aromatic N) is 2. The summed E-state index contributed by atoms with van der Waals surface area (Å²) in [5.41, 5.74) is 0.634. The van der Waals surface area contributed by atoms with Crippen molar-refractivity contribution in [1.82, 2.24) is 4.98 Å². The summed E-state index contributed by atoms with van der Waals surface area (Å²) in [6.45, 7) is 0.984. The van der Waals surface area contributed by atoms with Crippen LogP contribution in [0.2, 0.25) is 0 Å². The van der Waals surface area contributed by atoms with Crippen molar-refractivity contribution in [3.63, 3.8) is 0 Å². The van der Waals surface area contributed by atoms with Gasteiger partial charge in [0.15, 0.2) is 11.3 Å². The zero-order valence-electron chi connectivity index (χ0n) is 13.9. The molecule has 2 aromatic carbocycles. The molecule has 3 aromatic rings. The number of aliphatic hydroxyl groups excluding tert-OH is 1. The van der Waals surface area contributed by atoms with Gasteiger partial charge in [-0.05, 0) is 25.1 Å². The van der Waals surface area contributed by atoms with Gasteiger partial charge in [-0.3, -0.25) is 9.69 Å². The van der Waals surface area contributed by atoms with E-state index < -0.39 is 30.5 Å². The molecule has 27 heavy (non-hydrogen) atoms. The second kappa shape index (κ2) is 5.98. The normalized spacial score (nSPS) is 16.9. The Labute approximate surface area is 150 Å². The van der Waals surface area contributed by atoms with Crippen LogP contribution in [0.1, 0.15) is 24.5 Å². The lowest BCUT2D eigenvalue weighted by Crippen LogP contribution is -2.50. The summed E-state index contributed by atoms with van der Waals surface area (Å²) in [4.78, 5) is 17.0. The fraction of sp³-hybridized carbons (Fsp3) is 0.222. The van der Waals surface area contributed by atoms with Crippen molar-refractivity contribution in [1.29, 1.82) is 0 Å². The van der Waals surface area contributed by atoms with Gasteiger partial charge in [-0.1, -0.05) is 12.1 Å². The molecule has 1 atom stereocenters. The molecule has 1 aliphatic heterocycles. The van der Waals surface area contributed by atoms with Crippen molar-refractivity contribution < 1.29 is 32.2 Å². The Morgan fingerprint density at radius 2 is 2.07 bits per heavy atom. The molecule has 1 N–H and O–H groups in total. The minimum Gasteiger partial charge on any atom is -0.439 e. The predicted octanol–water partition coefficient (Wildman–Crippen LogP) is 3.54. The molecule has 9 heteroatoms. The number of para-hydroxylation sites is 1. The standard InChI is InChI=1S/C18H13F3N2O4/c1-9(24)11-3-2-4-13-16(11)27-18(20,21)17(25)23(13)8-15-22-12-7-10(19)5-6-14(12)26-15/h2-7,9,24H,8H2,1H3/t9-/m0/s1. The van der Waals surface area contributed by atoms with Gasteiger partial charge in [0.2, 0.25) is 5.89 Å². The van der Waals surface area contributed by atoms with Gasteiger partial charge >= 0.3 is 12.0 Å². The molecule has 1 aliphatic rings. The number of benzene rings is 2.